The van der Waals surface area contributed by atoms with Gasteiger partial charge in [-0.05, 0) is 50.2 Å². The zero-order chi connectivity index (χ0) is 19.6. The van der Waals surface area contributed by atoms with E-state index in [9.17, 15) is 13.6 Å². The molecule has 0 saturated heterocycles. The van der Waals surface area contributed by atoms with Crippen LogP contribution in [0.3, 0.4) is 0 Å². The highest BCUT2D eigenvalue weighted by atomic mass is 19.1. The Morgan fingerprint density at radius 2 is 1.93 bits per heavy atom. The van der Waals surface area contributed by atoms with Crippen molar-refractivity contribution >= 4 is 22.6 Å². The van der Waals surface area contributed by atoms with Gasteiger partial charge in [-0.3, -0.25) is 4.98 Å². The van der Waals surface area contributed by atoms with Crippen LogP contribution >= 0.6 is 0 Å². The summed E-state index contributed by atoms with van der Waals surface area (Å²) in [5.74, 6) is -2.00. The maximum atomic E-state index is 13.7. The first kappa shape index (κ1) is 18.8. The fourth-order valence-corrected chi connectivity index (χ4v) is 2.60. The number of rotatable bonds is 5. The molecule has 0 atom stereocenters. The number of esters is 1. The third-order valence-corrected chi connectivity index (χ3v) is 4.46. The van der Waals surface area contributed by atoms with Gasteiger partial charge in [0.1, 0.15) is 18.2 Å². The molecule has 0 radical (unpaired) electrons. The fraction of sp³-hybridized carbons (Fsp3) is 0.238. The Hall–Kier alpha value is -3.02. The van der Waals surface area contributed by atoms with Crippen LogP contribution in [0.2, 0.25) is 0 Å². The molecule has 4 nitrogen and oxygen atoms in total. The van der Waals surface area contributed by atoms with Crippen molar-refractivity contribution in [3.63, 3.8) is 0 Å². The van der Waals surface area contributed by atoms with Gasteiger partial charge >= 0.3 is 5.97 Å². The molecule has 3 aromatic rings. The van der Waals surface area contributed by atoms with Crippen molar-refractivity contribution in [2.24, 2.45) is 0 Å². The van der Waals surface area contributed by atoms with E-state index in [0.29, 0.717) is 11.6 Å². The zero-order valence-corrected chi connectivity index (χ0v) is 15.4. The van der Waals surface area contributed by atoms with Crippen LogP contribution in [0, 0.1) is 11.6 Å². The van der Waals surface area contributed by atoms with Crippen molar-refractivity contribution in [2.45, 2.75) is 26.5 Å². The molecule has 0 aliphatic rings. The summed E-state index contributed by atoms with van der Waals surface area (Å²) >= 11 is 0. The molecule has 1 aromatic heterocycles. The van der Waals surface area contributed by atoms with E-state index >= 15 is 0 Å². The summed E-state index contributed by atoms with van der Waals surface area (Å²) in [5.41, 5.74) is 2.16. The first-order chi connectivity index (χ1) is 12.8. The molecule has 27 heavy (non-hydrogen) atoms. The highest BCUT2D eigenvalue weighted by Crippen LogP contribution is 2.22. The lowest BCUT2D eigenvalue weighted by Crippen LogP contribution is -2.25. The average Bonchev–Trinajstić information content (AvgIpc) is 2.65. The molecule has 0 unspecified atom stereocenters. The van der Waals surface area contributed by atoms with Crippen LogP contribution in [0.5, 0.6) is 0 Å². The number of hydrogen-bond donors (Lipinski definition) is 0. The minimum Gasteiger partial charge on any atom is -0.457 e. The Morgan fingerprint density at radius 3 is 2.63 bits per heavy atom. The fourth-order valence-electron chi connectivity index (χ4n) is 2.60. The lowest BCUT2D eigenvalue weighted by Gasteiger charge is -2.23. The van der Waals surface area contributed by atoms with Gasteiger partial charge in [-0.25, -0.2) is 13.6 Å². The van der Waals surface area contributed by atoms with Gasteiger partial charge in [0, 0.05) is 30.1 Å². The van der Waals surface area contributed by atoms with Crippen LogP contribution < -0.4 is 4.90 Å². The molecular formula is C21H20F2N2O2. The van der Waals surface area contributed by atoms with E-state index in [1.807, 2.05) is 13.1 Å². The van der Waals surface area contributed by atoms with Gasteiger partial charge in [0.2, 0.25) is 0 Å². The number of carbonyl (C=O) groups is 1. The standard InChI is InChI=1S/C21H20F2N2O2/c1-13(2)25(3)18-9-16-8-14(5-7-20(16)24-11-18)21(26)27-12-15-4-6-17(22)10-19(15)23/h4-11,13H,12H2,1-3H3. The van der Waals surface area contributed by atoms with Crippen LogP contribution in [0.4, 0.5) is 14.5 Å². The number of carbonyl (C=O) groups excluding carboxylic acids is 1. The Balaban J connectivity index is 1.79. The van der Waals surface area contributed by atoms with E-state index in [1.165, 1.54) is 6.07 Å². The molecular weight excluding hydrogens is 350 g/mol. The molecule has 0 spiro atoms. The summed E-state index contributed by atoms with van der Waals surface area (Å²) in [6.07, 6.45) is 1.79. The number of nitrogens with zero attached hydrogens (tertiary/aromatic N) is 2. The minimum absolute atomic E-state index is 0.119. The molecule has 0 aliphatic carbocycles. The maximum Gasteiger partial charge on any atom is 0.338 e. The van der Waals surface area contributed by atoms with Crippen molar-refractivity contribution < 1.29 is 18.3 Å². The van der Waals surface area contributed by atoms with E-state index in [0.717, 1.165) is 28.7 Å². The zero-order valence-electron chi connectivity index (χ0n) is 15.4. The molecule has 6 heteroatoms. The summed E-state index contributed by atoms with van der Waals surface area (Å²) < 4.78 is 31.8. The molecule has 0 aliphatic heterocycles. The molecule has 0 fully saturated rings. The normalized spacial score (nSPS) is 11.0. The number of anilines is 1. The summed E-state index contributed by atoms with van der Waals surface area (Å²) in [4.78, 5) is 18.8. The molecule has 0 bridgehead atoms. The average molecular weight is 370 g/mol. The van der Waals surface area contributed by atoms with Crippen LogP contribution in [0.25, 0.3) is 10.9 Å². The molecule has 0 amide bonds. The number of aromatic nitrogens is 1. The summed E-state index contributed by atoms with van der Waals surface area (Å²) in [5, 5.41) is 0.808. The van der Waals surface area contributed by atoms with Gasteiger partial charge < -0.3 is 9.64 Å². The second-order valence-corrected chi connectivity index (χ2v) is 6.62. The van der Waals surface area contributed by atoms with Crippen molar-refractivity contribution in [3.05, 3.63) is 71.4 Å². The number of halogens is 2. The van der Waals surface area contributed by atoms with Gasteiger partial charge in [-0.15, -0.1) is 0 Å². The number of pyridine rings is 1. The topological polar surface area (TPSA) is 42.4 Å². The number of hydrogen-bond acceptors (Lipinski definition) is 4. The van der Waals surface area contributed by atoms with Crippen LogP contribution in [0.15, 0.2) is 48.7 Å². The van der Waals surface area contributed by atoms with E-state index in [1.54, 1.807) is 24.4 Å². The highest BCUT2D eigenvalue weighted by molar-refractivity contribution is 5.95. The van der Waals surface area contributed by atoms with Crippen molar-refractivity contribution in [1.29, 1.82) is 0 Å². The Bertz CT molecular complexity index is 989. The number of fused-ring (bicyclic) bond motifs is 1. The highest BCUT2D eigenvalue weighted by Gasteiger charge is 2.12. The SMILES string of the molecule is CC(C)N(C)c1cnc2ccc(C(=O)OCc3ccc(F)cc3F)cc2c1. The van der Waals surface area contributed by atoms with Crippen LogP contribution in [0.1, 0.15) is 29.8 Å². The van der Waals surface area contributed by atoms with E-state index < -0.39 is 17.6 Å². The number of benzene rings is 2. The van der Waals surface area contributed by atoms with Gasteiger partial charge in [0.15, 0.2) is 0 Å². The third-order valence-electron chi connectivity index (χ3n) is 4.46. The lowest BCUT2D eigenvalue weighted by molar-refractivity contribution is 0.0469. The predicted octanol–water partition coefficient (Wildman–Crippen LogP) is 4.71. The smallest absolute Gasteiger partial charge is 0.338 e. The maximum absolute atomic E-state index is 13.7. The summed E-state index contributed by atoms with van der Waals surface area (Å²) in [6.45, 7) is 3.89. The first-order valence-corrected chi connectivity index (χ1v) is 8.59. The Morgan fingerprint density at radius 1 is 1.15 bits per heavy atom. The summed E-state index contributed by atoms with van der Waals surface area (Å²) in [6, 6.07) is 10.5. The van der Waals surface area contributed by atoms with Crippen molar-refractivity contribution in [1.82, 2.24) is 4.98 Å². The molecule has 1 heterocycles. The lowest BCUT2D eigenvalue weighted by atomic mass is 10.1. The second-order valence-electron chi connectivity index (χ2n) is 6.62. The van der Waals surface area contributed by atoms with Gasteiger partial charge in [0.05, 0.1) is 23.0 Å². The van der Waals surface area contributed by atoms with Gasteiger partial charge in [0.25, 0.3) is 0 Å². The molecule has 0 N–H and O–H groups in total. The Kier molecular flexibility index (Phi) is 5.35. The van der Waals surface area contributed by atoms with Gasteiger partial charge in [-0.2, -0.15) is 0 Å². The van der Waals surface area contributed by atoms with E-state index in [-0.39, 0.29) is 12.2 Å². The number of ether oxygens (including phenoxy) is 1. The second kappa shape index (κ2) is 7.70. The van der Waals surface area contributed by atoms with Crippen molar-refractivity contribution in [2.75, 3.05) is 11.9 Å². The van der Waals surface area contributed by atoms with Crippen LogP contribution in [-0.2, 0) is 11.3 Å². The predicted molar refractivity (Wildman–Crippen MR) is 101 cm³/mol. The summed E-state index contributed by atoms with van der Waals surface area (Å²) in [7, 11) is 1.98. The quantitative estimate of drug-likeness (QED) is 0.610. The molecule has 140 valence electrons. The minimum atomic E-state index is -0.744. The Labute approximate surface area is 156 Å². The van der Waals surface area contributed by atoms with Crippen LogP contribution in [-0.4, -0.2) is 24.0 Å². The largest absolute Gasteiger partial charge is 0.457 e. The monoisotopic (exact) mass is 370 g/mol. The third kappa shape index (κ3) is 4.22. The van der Waals surface area contributed by atoms with Gasteiger partial charge in [-0.1, -0.05) is 0 Å². The van der Waals surface area contributed by atoms with E-state index in [4.69, 9.17) is 4.74 Å². The van der Waals surface area contributed by atoms with Crippen molar-refractivity contribution in [3.8, 4) is 0 Å². The van der Waals surface area contributed by atoms with E-state index in [2.05, 4.69) is 23.7 Å². The molecule has 0 saturated carbocycles. The molecule has 2 aromatic carbocycles. The molecule has 3 rings (SSSR count). The first-order valence-electron chi connectivity index (χ1n) is 8.59.